The maximum atomic E-state index is 5.72. The summed E-state index contributed by atoms with van der Waals surface area (Å²) < 4.78 is 8.62. The molecule has 1 heterocycles. The van der Waals surface area contributed by atoms with Crippen molar-refractivity contribution in [1.82, 2.24) is 9.78 Å². The minimum absolute atomic E-state index is 0.542. The van der Waals surface area contributed by atoms with Crippen molar-refractivity contribution in [2.45, 2.75) is 20.0 Å². The van der Waals surface area contributed by atoms with E-state index in [1.807, 2.05) is 36.0 Å². The van der Waals surface area contributed by atoms with Gasteiger partial charge in [0.2, 0.25) is 0 Å². The number of ether oxygens (including phenoxy) is 1. The van der Waals surface area contributed by atoms with Crippen molar-refractivity contribution in [1.29, 1.82) is 0 Å². The summed E-state index contributed by atoms with van der Waals surface area (Å²) in [7, 11) is 1.94. The Morgan fingerprint density at radius 3 is 2.82 bits per heavy atom. The lowest BCUT2D eigenvalue weighted by molar-refractivity contribution is 0.294. The van der Waals surface area contributed by atoms with Crippen LogP contribution in [0.3, 0.4) is 0 Å². The van der Waals surface area contributed by atoms with Crippen molar-refractivity contribution in [2.24, 2.45) is 7.05 Å². The first-order chi connectivity index (χ1) is 8.19. The molecule has 0 saturated heterocycles. The average Bonchev–Trinajstić information content (AvgIpc) is 2.68. The lowest BCUT2D eigenvalue weighted by Gasteiger charge is -2.06. The minimum atomic E-state index is 0.542. The fourth-order valence-electron chi connectivity index (χ4n) is 1.59. The third-order valence-electron chi connectivity index (χ3n) is 2.57. The Morgan fingerprint density at radius 2 is 2.18 bits per heavy atom. The molecule has 1 aromatic carbocycles. The molecule has 0 radical (unpaired) electrons. The molecule has 3 nitrogen and oxygen atoms in total. The number of rotatable bonds is 4. The Balaban J connectivity index is 2.04. The molecule has 0 aliphatic rings. The van der Waals surface area contributed by atoms with Gasteiger partial charge in [0.25, 0.3) is 0 Å². The van der Waals surface area contributed by atoms with Gasteiger partial charge in [0, 0.05) is 11.5 Å². The zero-order valence-electron chi connectivity index (χ0n) is 9.98. The third kappa shape index (κ3) is 3.09. The maximum absolute atomic E-state index is 5.72. The van der Waals surface area contributed by atoms with Crippen molar-refractivity contribution in [3.05, 3.63) is 46.2 Å². The molecule has 0 bridgehead atoms. The molecule has 2 rings (SSSR count). The second kappa shape index (κ2) is 5.36. The Kier molecular flexibility index (Phi) is 3.84. The smallest absolute Gasteiger partial charge is 0.130 e. The quantitative estimate of drug-likeness (QED) is 0.865. The molecule has 0 aliphatic heterocycles. The summed E-state index contributed by atoms with van der Waals surface area (Å²) in [6.07, 6.45) is 0.949. The highest BCUT2D eigenvalue weighted by atomic mass is 79.9. The van der Waals surface area contributed by atoms with Crippen molar-refractivity contribution in [2.75, 3.05) is 0 Å². The lowest BCUT2D eigenvalue weighted by Crippen LogP contribution is -2.02. The molecule has 0 N–H and O–H groups in total. The highest BCUT2D eigenvalue weighted by Crippen LogP contribution is 2.19. The standard InChI is InChI=1S/C13H15BrN2O/c1-3-11-8-12(16(2)15-11)9-17-13-6-4-5-10(14)7-13/h4-8H,3,9H2,1-2H3. The fraction of sp³-hybridized carbons (Fsp3) is 0.308. The number of aromatic nitrogens is 2. The number of halogens is 1. The van der Waals surface area contributed by atoms with E-state index >= 15 is 0 Å². The van der Waals surface area contributed by atoms with Gasteiger partial charge in [0.05, 0.1) is 11.4 Å². The number of hydrogen-bond acceptors (Lipinski definition) is 2. The second-order valence-electron chi connectivity index (χ2n) is 3.85. The normalized spacial score (nSPS) is 10.5. The summed E-state index contributed by atoms with van der Waals surface area (Å²) in [6, 6.07) is 9.92. The first-order valence-electron chi connectivity index (χ1n) is 5.59. The zero-order valence-corrected chi connectivity index (χ0v) is 11.6. The molecule has 4 heteroatoms. The fourth-order valence-corrected chi connectivity index (χ4v) is 1.97. The van der Waals surface area contributed by atoms with Crippen LogP contribution in [0.4, 0.5) is 0 Å². The first kappa shape index (κ1) is 12.2. The molecule has 0 unspecified atom stereocenters. The highest BCUT2D eigenvalue weighted by Gasteiger charge is 2.04. The van der Waals surface area contributed by atoms with Crippen LogP contribution in [0.2, 0.25) is 0 Å². The Morgan fingerprint density at radius 1 is 1.35 bits per heavy atom. The van der Waals surface area contributed by atoms with Crippen molar-refractivity contribution in [3.63, 3.8) is 0 Å². The van der Waals surface area contributed by atoms with E-state index < -0.39 is 0 Å². The van der Waals surface area contributed by atoms with E-state index in [0.29, 0.717) is 6.61 Å². The summed E-state index contributed by atoms with van der Waals surface area (Å²) in [5.41, 5.74) is 2.18. The summed E-state index contributed by atoms with van der Waals surface area (Å²) in [4.78, 5) is 0. The molecule has 0 amide bonds. The van der Waals surface area contributed by atoms with Crippen LogP contribution in [0.1, 0.15) is 18.3 Å². The van der Waals surface area contributed by atoms with Crippen LogP contribution in [-0.4, -0.2) is 9.78 Å². The highest BCUT2D eigenvalue weighted by molar-refractivity contribution is 9.10. The van der Waals surface area contributed by atoms with Gasteiger partial charge >= 0.3 is 0 Å². The average molecular weight is 295 g/mol. The SMILES string of the molecule is CCc1cc(COc2cccc(Br)c2)n(C)n1. The van der Waals surface area contributed by atoms with E-state index in [2.05, 4.69) is 34.0 Å². The van der Waals surface area contributed by atoms with E-state index in [4.69, 9.17) is 4.74 Å². The maximum Gasteiger partial charge on any atom is 0.130 e. The molecule has 0 atom stereocenters. The molecule has 0 fully saturated rings. The van der Waals surface area contributed by atoms with Crippen LogP contribution < -0.4 is 4.74 Å². The van der Waals surface area contributed by atoms with E-state index in [1.165, 1.54) is 0 Å². The summed E-state index contributed by atoms with van der Waals surface area (Å²) >= 11 is 3.42. The van der Waals surface area contributed by atoms with Crippen molar-refractivity contribution in [3.8, 4) is 5.75 Å². The van der Waals surface area contributed by atoms with Gasteiger partial charge in [-0.15, -0.1) is 0 Å². The van der Waals surface area contributed by atoms with Crippen LogP contribution in [0.15, 0.2) is 34.8 Å². The second-order valence-corrected chi connectivity index (χ2v) is 4.77. The van der Waals surface area contributed by atoms with Crippen molar-refractivity contribution < 1.29 is 4.74 Å². The van der Waals surface area contributed by atoms with Crippen LogP contribution in [-0.2, 0) is 20.1 Å². The number of nitrogens with zero attached hydrogens (tertiary/aromatic N) is 2. The summed E-state index contributed by atoms with van der Waals surface area (Å²) in [6.45, 7) is 2.64. The number of benzene rings is 1. The Bertz CT molecular complexity index is 508. The van der Waals surface area contributed by atoms with Gasteiger partial charge in [-0.25, -0.2) is 0 Å². The predicted octanol–water partition coefficient (Wildman–Crippen LogP) is 3.32. The molecule has 2 aromatic rings. The van der Waals surface area contributed by atoms with Gasteiger partial charge in [-0.1, -0.05) is 28.9 Å². The topological polar surface area (TPSA) is 27.1 Å². The van der Waals surface area contributed by atoms with Gasteiger partial charge in [-0.2, -0.15) is 5.10 Å². The van der Waals surface area contributed by atoms with Gasteiger partial charge < -0.3 is 4.74 Å². The van der Waals surface area contributed by atoms with Crippen LogP contribution in [0, 0.1) is 0 Å². The third-order valence-corrected chi connectivity index (χ3v) is 3.07. The molecule has 1 aromatic heterocycles. The molecular formula is C13H15BrN2O. The lowest BCUT2D eigenvalue weighted by atomic mass is 10.3. The minimum Gasteiger partial charge on any atom is -0.487 e. The van der Waals surface area contributed by atoms with Crippen molar-refractivity contribution >= 4 is 15.9 Å². The van der Waals surface area contributed by atoms with E-state index in [9.17, 15) is 0 Å². The van der Waals surface area contributed by atoms with Gasteiger partial charge in [0.1, 0.15) is 12.4 Å². The van der Waals surface area contributed by atoms with Gasteiger partial charge in [-0.3, -0.25) is 4.68 Å². The summed E-state index contributed by atoms with van der Waals surface area (Å²) in [5.74, 6) is 0.860. The molecule has 17 heavy (non-hydrogen) atoms. The number of hydrogen-bond donors (Lipinski definition) is 0. The number of aryl methyl sites for hydroxylation is 2. The first-order valence-corrected chi connectivity index (χ1v) is 6.38. The van der Waals surface area contributed by atoms with Gasteiger partial charge in [0.15, 0.2) is 0 Å². The zero-order chi connectivity index (χ0) is 12.3. The van der Waals surface area contributed by atoms with Crippen LogP contribution in [0.25, 0.3) is 0 Å². The largest absolute Gasteiger partial charge is 0.487 e. The molecule has 0 saturated carbocycles. The van der Waals surface area contributed by atoms with E-state index in [0.717, 1.165) is 28.0 Å². The summed E-state index contributed by atoms with van der Waals surface area (Å²) in [5, 5.41) is 4.39. The van der Waals surface area contributed by atoms with Crippen LogP contribution >= 0.6 is 15.9 Å². The Labute approximate surface area is 110 Å². The molecule has 0 spiro atoms. The molecular weight excluding hydrogens is 280 g/mol. The Hall–Kier alpha value is -1.29. The monoisotopic (exact) mass is 294 g/mol. The van der Waals surface area contributed by atoms with E-state index in [-0.39, 0.29) is 0 Å². The molecule has 90 valence electrons. The van der Waals surface area contributed by atoms with Crippen LogP contribution in [0.5, 0.6) is 5.75 Å². The molecule has 0 aliphatic carbocycles. The predicted molar refractivity (Wildman–Crippen MR) is 71.1 cm³/mol. The van der Waals surface area contributed by atoms with E-state index in [1.54, 1.807) is 0 Å². The van der Waals surface area contributed by atoms with Gasteiger partial charge in [-0.05, 0) is 30.7 Å².